The summed E-state index contributed by atoms with van der Waals surface area (Å²) in [6.07, 6.45) is 13.7. The molecule has 0 bridgehead atoms. The van der Waals surface area contributed by atoms with Gasteiger partial charge in [-0.1, -0.05) is 18.2 Å². The van der Waals surface area contributed by atoms with Crippen LogP contribution in [0.1, 0.15) is 44.3 Å². The normalized spacial score (nSPS) is 24.9. The number of hydrogen-bond acceptors (Lipinski definition) is 3. The van der Waals surface area contributed by atoms with Crippen molar-refractivity contribution in [2.75, 3.05) is 0 Å². The van der Waals surface area contributed by atoms with E-state index >= 15 is 0 Å². The minimum atomic E-state index is -0.148. The second-order valence-electron chi connectivity index (χ2n) is 6.45. The average Bonchev–Trinajstić information content (AvgIpc) is 3.30. The van der Waals surface area contributed by atoms with E-state index in [2.05, 4.69) is 10.3 Å². The SMILES string of the molecule is C/C=C/C=C/C(=O)N[C@@H]1CCC(=O)N(C2CC2)[C@H]1c1cncn1C. The van der Waals surface area contributed by atoms with E-state index in [1.54, 1.807) is 18.6 Å². The molecular weight excluding hydrogens is 304 g/mol. The van der Waals surface area contributed by atoms with Gasteiger partial charge in [-0.25, -0.2) is 4.98 Å². The van der Waals surface area contributed by atoms with E-state index in [1.807, 2.05) is 35.6 Å². The molecule has 1 aliphatic carbocycles. The van der Waals surface area contributed by atoms with Gasteiger partial charge in [-0.05, 0) is 26.2 Å². The quantitative estimate of drug-likeness (QED) is 0.663. The van der Waals surface area contributed by atoms with Crippen molar-refractivity contribution in [3.8, 4) is 0 Å². The highest BCUT2D eigenvalue weighted by atomic mass is 16.2. The summed E-state index contributed by atoms with van der Waals surface area (Å²) in [5, 5.41) is 3.08. The van der Waals surface area contributed by atoms with Gasteiger partial charge in [-0.3, -0.25) is 9.59 Å². The number of imidazole rings is 1. The maximum atomic E-state index is 12.5. The van der Waals surface area contributed by atoms with Crippen LogP contribution in [0.15, 0.2) is 36.8 Å². The molecule has 0 spiro atoms. The van der Waals surface area contributed by atoms with Gasteiger partial charge in [0.2, 0.25) is 11.8 Å². The summed E-state index contributed by atoms with van der Waals surface area (Å²) >= 11 is 0. The molecule has 2 heterocycles. The number of nitrogens with one attached hydrogen (secondary N) is 1. The topological polar surface area (TPSA) is 67.2 Å². The van der Waals surface area contributed by atoms with E-state index in [0.29, 0.717) is 18.9 Å². The van der Waals surface area contributed by atoms with E-state index in [9.17, 15) is 9.59 Å². The number of piperidine rings is 1. The Morgan fingerprint density at radius 3 is 2.75 bits per heavy atom. The number of nitrogens with zero attached hydrogens (tertiary/aromatic N) is 3. The monoisotopic (exact) mass is 328 g/mol. The largest absolute Gasteiger partial charge is 0.347 e. The third-order valence-corrected chi connectivity index (χ3v) is 4.61. The minimum Gasteiger partial charge on any atom is -0.347 e. The highest BCUT2D eigenvalue weighted by molar-refractivity contribution is 5.88. The lowest BCUT2D eigenvalue weighted by molar-refractivity contribution is -0.140. The zero-order chi connectivity index (χ0) is 17.1. The van der Waals surface area contributed by atoms with E-state index in [-0.39, 0.29) is 23.9 Å². The molecule has 0 radical (unpaired) electrons. The number of allylic oxidation sites excluding steroid dienone is 3. The van der Waals surface area contributed by atoms with Crippen molar-refractivity contribution in [3.05, 3.63) is 42.5 Å². The van der Waals surface area contributed by atoms with E-state index in [4.69, 9.17) is 0 Å². The zero-order valence-electron chi connectivity index (χ0n) is 14.2. The molecule has 1 saturated heterocycles. The van der Waals surface area contributed by atoms with Crippen LogP contribution in [-0.4, -0.2) is 38.3 Å². The Morgan fingerprint density at radius 2 is 2.12 bits per heavy atom. The van der Waals surface area contributed by atoms with Gasteiger partial charge in [0.1, 0.15) is 0 Å². The summed E-state index contributed by atoms with van der Waals surface area (Å²) in [6.45, 7) is 1.90. The maximum absolute atomic E-state index is 12.5. The first-order valence-corrected chi connectivity index (χ1v) is 8.49. The lowest BCUT2D eigenvalue weighted by Crippen LogP contribution is -2.53. The van der Waals surface area contributed by atoms with Crippen LogP contribution < -0.4 is 5.32 Å². The zero-order valence-corrected chi connectivity index (χ0v) is 14.2. The number of amides is 2. The standard InChI is InChI=1S/C18H24N4O2/c1-3-4-5-6-16(23)20-14-9-10-17(24)22(13-7-8-13)18(14)15-11-19-12-21(15)2/h3-6,11-14,18H,7-10H2,1-2H3,(H,20,23)/b4-3+,6-5+/t14-,18-/m1/s1. The molecule has 0 unspecified atom stereocenters. The molecule has 6 nitrogen and oxygen atoms in total. The Balaban J connectivity index is 1.84. The molecule has 2 amide bonds. The van der Waals surface area contributed by atoms with Crippen molar-refractivity contribution in [1.82, 2.24) is 19.8 Å². The van der Waals surface area contributed by atoms with Crippen molar-refractivity contribution in [2.24, 2.45) is 7.05 Å². The first kappa shape index (κ1) is 16.5. The molecular formula is C18H24N4O2. The summed E-state index contributed by atoms with van der Waals surface area (Å²) < 4.78 is 1.94. The number of rotatable bonds is 5. The molecule has 0 aromatic carbocycles. The molecule has 1 aromatic heterocycles. The Kier molecular flexibility index (Phi) is 4.83. The third kappa shape index (κ3) is 3.42. The lowest BCUT2D eigenvalue weighted by atomic mass is 9.92. The number of carbonyl (C=O) groups is 2. The molecule has 1 aromatic rings. The van der Waals surface area contributed by atoms with Gasteiger partial charge in [-0.15, -0.1) is 0 Å². The summed E-state index contributed by atoms with van der Waals surface area (Å²) in [6, 6.07) is 0.0578. The molecule has 1 aliphatic heterocycles. The lowest BCUT2D eigenvalue weighted by Gasteiger charge is -2.41. The molecule has 24 heavy (non-hydrogen) atoms. The summed E-state index contributed by atoms with van der Waals surface area (Å²) in [7, 11) is 1.93. The predicted octanol–water partition coefficient (Wildman–Crippen LogP) is 1.86. The van der Waals surface area contributed by atoms with Gasteiger partial charge in [0.05, 0.1) is 30.3 Å². The van der Waals surface area contributed by atoms with E-state index in [0.717, 1.165) is 18.5 Å². The second-order valence-corrected chi connectivity index (χ2v) is 6.45. The maximum Gasteiger partial charge on any atom is 0.244 e. The van der Waals surface area contributed by atoms with Crippen LogP contribution in [0.2, 0.25) is 0 Å². The minimum absolute atomic E-state index is 0.0959. The van der Waals surface area contributed by atoms with Crippen LogP contribution in [0.3, 0.4) is 0 Å². The summed E-state index contributed by atoms with van der Waals surface area (Å²) in [4.78, 5) is 30.9. The Labute approximate surface area is 142 Å². The fourth-order valence-electron chi connectivity index (χ4n) is 3.34. The second kappa shape index (κ2) is 7.03. The molecule has 2 fully saturated rings. The highest BCUT2D eigenvalue weighted by Gasteiger charge is 2.45. The van der Waals surface area contributed by atoms with Crippen molar-refractivity contribution < 1.29 is 9.59 Å². The smallest absolute Gasteiger partial charge is 0.244 e. The molecule has 2 aliphatic rings. The molecule has 128 valence electrons. The summed E-state index contributed by atoms with van der Waals surface area (Å²) in [5.41, 5.74) is 0.970. The summed E-state index contributed by atoms with van der Waals surface area (Å²) in [5.74, 6) is 0.0500. The van der Waals surface area contributed by atoms with Gasteiger partial charge >= 0.3 is 0 Å². The van der Waals surface area contributed by atoms with Crippen LogP contribution in [0.5, 0.6) is 0 Å². The average molecular weight is 328 g/mol. The Hall–Kier alpha value is -2.37. The predicted molar refractivity (Wildman–Crippen MR) is 90.9 cm³/mol. The third-order valence-electron chi connectivity index (χ3n) is 4.61. The van der Waals surface area contributed by atoms with Crippen molar-refractivity contribution in [2.45, 2.75) is 50.7 Å². The van der Waals surface area contributed by atoms with Crippen LogP contribution in [0.4, 0.5) is 0 Å². The fraction of sp³-hybridized carbons (Fsp3) is 0.500. The van der Waals surface area contributed by atoms with Gasteiger partial charge in [0.15, 0.2) is 0 Å². The number of likely N-dealkylation sites (tertiary alicyclic amines) is 1. The number of aromatic nitrogens is 2. The van der Waals surface area contributed by atoms with Gasteiger partial charge in [0, 0.05) is 25.6 Å². The molecule has 1 saturated carbocycles. The van der Waals surface area contributed by atoms with Crippen molar-refractivity contribution >= 4 is 11.8 Å². The van der Waals surface area contributed by atoms with Crippen LogP contribution in [0.25, 0.3) is 0 Å². The molecule has 6 heteroatoms. The van der Waals surface area contributed by atoms with E-state index in [1.165, 1.54) is 6.08 Å². The molecule has 3 rings (SSSR count). The fourth-order valence-corrected chi connectivity index (χ4v) is 3.34. The van der Waals surface area contributed by atoms with Crippen LogP contribution >= 0.6 is 0 Å². The Bertz CT molecular complexity index is 672. The Morgan fingerprint density at radius 1 is 1.33 bits per heavy atom. The van der Waals surface area contributed by atoms with E-state index < -0.39 is 0 Å². The highest BCUT2D eigenvalue weighted by Crippen LogP contribution is 2.40. The van der Waals surface area contributed by atoms with Crippen LogP contribution in [0, 0.1) is 0 Å². The van der Waals surface area contributed by atoms with Crippen molar-refractivity contribution in [3.63, 3.8) is 0 Å². The van der Waals surface area contributed by atoms with Crippen molar-refractivity contribution in [1.29, 1.82) is 0 Å². The number of carbonyl (C=O) groups excluding carboxylic acids is 2. The van der Waals surface area contributed by atoms with Gasteiger partial charge < -0.3 is 14.8 Å². The first-order chi connectivity index (χ1) is 11.6. The molecule has 1 N–H and O–H groups in total. The number of aryl methyl sites for hydroxylation is 1. The van der Waals surface area contributed by atoms with Gasteiger partial charge in [-0.2, -0.15) is 0 Å². The first-order valence-electron chi connectivity index (χ1n) is 8.49. The van der Waals surface area contributed by atoms with Gasteiger partial charge in [0.25, 0.3) is 0 Å². The number of hydrogen-bond donors (Lipinski definition) is 1. The van der Waals surface area contributed by atoms with Crippen LogP contribution in [-0.2, 0) is 16.6 Å². The molecule has 2 atom stereocenters.